The van der Waals surface area contributed by atoms with Crippen molar-refractivity contribution in [3.05, 3.63) is 65.3 Å². The van der Waals surface area contributed by atoms with Crippen molar-refractivity contribution >= 4 is 29.7 Å². The van der Waals surface area contributed by atoms with Crippen LogP contribution < -0.4 is 10.5 Å². The molecule has 3 fully saturated rings. The number of ether oxygens (including phenoxy) is 3. The Morgan fingerprint density at radius 3 is 2.26 bits per heavy atom. The van der Waals surface area contributed by atoms with Gasteiger partial charge in [-0.15, -0.1) is 0 Å². The number of aromatic nitrogens is 2. The van der Waals surface area contributed by atoms with Crippen molar-refractivity contribution < 1.29 is 28.3 Å². The first-order chi connectivity index (χ1) is 22.2. The summed E-state index contributed by atoms with van der Waals surface area (Å²) in [4.78, 5) is 11.3. The Hall–Kier alpha value is -3.34. The molecule has 3 aromatic rings. The maximum Gasteiger partial charge on any atom is 0.491 e. The van der Waals surface area contributed by atoms with Crippen LogP contribution in [-0.4, -0.2) is 53.5 Å². The molecule has 2 saturated heterocycles. The minimum absolute atomic E-state index is 0.0322. The molecule has 47 heavy (non-hydrogen) atoms. The number of allylic oxidation sites excluding steroid dienone is 1. The maximum absolute atomic E-state index is 11.3. The van der Waals surface area contributed by atoms with Gasteiger partial charge in [-0.2, -0.15) is 5.10 Å². The molecule has 0 spiro atoms. The van der Waals surface area contributed by atoms with E-state index in [4.69, 9.17) is 34.4 Å². The molecule has 6 rings (SSSR count). The van der Waals surface area contributed by atoms with Crippen LogP contribution in [0.3, 0.4) is 0 Å². The average Bonchev–Trinajstić information content (AvgIpc) is 3.50. The number of amides is 1. The van der Waals surface area contributed by atoms with Crippen LogP contribution >= 0.6 is 0 Å². The fraction of sp³-hybridized carbons (Fsp3) is 0.568. The Bertz CT molecular complexity index is 1600. The Balaban J connectivity index is 1.43. The van der Waals surface area contributed by atoms with Gasteiger partial charge in [0.15, 0.2) is 6.23 Å². The van der Waals surface area contributed by atoms with E-state index in [1.807, 2.05) is 43.8 Å². The lowest BCUT2D eigenvalue weighted by Crippen LogP contribution is -2.41. The van der Waals surface area contributed by atoms with Crippen LogP contribution in [-0.2, 0) is 18.8 Å². The van der Waals surface area contributed by atoms with Crippen molar-refractivity contribution in [1.82, 2.24) is 9.78 Å². The first-order valence-electron chi connectivity index (χ1n) is 17.1. The van der Waals surface area contributed by atoms with Crippen molar-refractivity contribution in [3.63, 3.8) is 0 Å². The summed E-state index contributed by atoms with van der Waals surface area (Å²) in [5, 5.41) is 5.84. The van der Waals surface area contributed by atoms with Crippen LogP contribution in [0.2, 0.25) is 0 Å². The Labute approximate surface area is 279 Å². The van der Waals surface area contributed by atoms with Crippen LogP contribution in [0.4, 0.5) is 4.79 Å². The Morgan fingerprint density at radius 1 is 1.00 bits per heavy atom. The molecule has 3 aliphatic rings. The monoisotopic (exact) mass is 643 g/mol. The smallest absolute Gasteiger partial charge is 0.486 e. The highest BCUT2D eigenvalue weighted by Gasteiger charge is 2.54. The van der Waals surface area contributed by atoms with Crippen LogP contribution in [0.5, 0.6) is 5.75 Å². The van der Waals surface area contributed by atoms with Gasteiger partial charge in [-0.1, -0.05) is 45.4 Å². The second-order valence-corrected chi connectivity index (χ2v) is 15.4. The predicted octanol–water partition coefficient (Wildman–Crippen LogP) is 7.86. The van der Waals surface area contributed by atoms with Crippen molar-refractivity contribution in [2.24, 2.45) is 17.1 Å². The average molecular weight is 644 g/mol. The van der Waals surface area contributed by atoms with Crippen LogP contribution in [0.1, 0.15) is 104 Å². The molecule has 9 nitrogen and oxygen atoms in total. The molecule has 0 bridgehead atoms. The summed E-state index contributed by atoms with van der Waals surface area (Å²) in [5.41, 5.74) is 9.57. The highest BCUT2D eigenvalue weighted by atomic mass is 16.7. The van der Waals surface area contributed by atoms with Crippen molar-refractivity contribution in [2.45, 2.75) is 111 Å². The second-order valence-electron chi connectivity index (χ2n) is 15.4. The van der Waals surface area contributed by atoms with Gasteiger partial charge in [0.25, 0.3) is 0 Å². The number of rotatable bonds is 9. The summed E-state index contributed by atoms with van der Waals surface area (Å²) in [7, 11) is -0.471. The topological polar surface area (TPSA) is 107 Å². The highest BCUT2D eigenvalue weighted by Crippen LogP contribution is 2.47. The van der Waals surface area contributed by atoms with E-state index in [0.717, 1.165) is 66.3 Å². The number of nitrogens with two attached hydrogens (primary N) is 1. The molecule has 10 heteroatoms. The zero-order valence-electron chi connectivity index (χ0n) is 29.0. The molecule has 252 valence electrons. The highest BCUT2D eigenvalue weighted by molar-refractivity contribution is 6.56. The lowest BCUT2D eigenvalue weighted by Gasteiger charge is -2.33. The number of hydrogen-bond donors (Lipinski definition) is 1. The fourth-order valence-electron chi connectivity index (χ4n) is 6.54. The van der Waals surface area contributed by atoms with Crippen LogP contribution in [0.15, 0.2) is 54.1 Å². The van der Waals surface area contributed by atoms with E-state index in [-0.39, 0.29) is 24.4 Å². The molecule has 3 heterocycles. The lowest BCUT2D eigenvalue weighted by atomic mass is 9.60. The quantitative estimate of drug-likeness (QED) is 0.237. The Morgan fingerprint density at radius 2 is 1.68 bits per heavy atom. The molecule has 1 aromatic heterocycles. The Kier molecular flexibility index (Phi) is 9.24. The normalized spacial score (nSPS) is 22.4. The summed E-state index contributed by atoms with van der Waals surface area (Å²) < 4.78 is 33.1. The van der Waals surface area contributed by atoms with E-state index in [2.05, 4.69) is 58.0 Å². The summed E-state index contributed by atoms with van der Waals surface area (Å²) in [6.07, 6.45) is 7.31. The molecule has 0 radical (unpaired) electrons. The SMILES string of the molecule is CC(C)(C)C(COC(N)=O)Oc1ccc(/C(=C(\B2OC(C)(C)C(C)(C)O2)C2CCC2)c2ccc3c(cnn3C3CCCCO3)c2)cc1. The van der Waals surface area contributed by atoms with Crippen LogP contribution in [0, 0.1) is 11.3 Å². The molecular weight excluding hydrogens is 593 g/mol. The number of benzene rings is 2. The number of carbonyl (C=O) groups is 1. The lowest BCUT2D eigenvalue weighted by molar-refractivity contribution is -0.0366. The molecular formula is C37H50BN3O6. The summed E-state index contributed by atoms with van der Waals surface area (Å²) in [5.74, 6) is 1.03. The van der Waals surface area contributed by atoms with E-state index >= 15 is 0 Å². The van der Waals surface area contributed by atoms with Gasteiger partial charge < -0.3 is 29.3 Å². The summed E-state index contributed by atoms with van der Waals surface area (Å²) in [6, 6.07) is 14.8. The van der Waals surface area contributed by atoms with Gasteiger partial charge in [0, 0.05) is 17.4 Å². The van der Waals surface area contributed by atoms with Crippen molar-refractivity contribution in [1.29, 1.82) is 0 Å². The third-order valence-corrected chi connectivity index (χ3v) is 10.4. The fourth-order valence-corrected chi connectivity index (χ4v) is 6.54. The first kappa shape index (κ1) is 33.6. The minimum atomic E-state index is -0.812. The first-order valence-corrected chi connectivity index (χ1v) is 17.1. The van der Waals surface area contributed by atoms with E-state index in [0.29, 0.717) is 11.7 Å². The van der Waals surface area contributed by atoms with Gasteiger partial charge in [-0.05, 0) is 112 Å². The number of hydrogen-bond acceptors (Lipinski definition) is 7. The molecule has 2 atom stereocenters. The van der Waals surface area contributed by atoms with Gasteiger partial charge in [0.1, 0.15) is 18.5 Å². The molecule has 1 aliphatic carbocycles. The third kappa shape index (κ3) is 6.96. The van der Waals surface area contributed by atoms with E-state index in [1.54, 1.807) is 0 Å². The summed E-state index contributed by atoms with van der Waals surface area (Å²) in [6.45, 7) is 15.4. The van der Waals surface area contributed by atoms with Crippen molar-refractivity contribution in [3.8, 4) is 5.75 Å². The molecule has 2 unspecified atom stereocenters. The largest absolute Gasteiger partial charge is 0.491 e. The maximum atomic E-state index is 11.3. The second kappa shape index (κ2) is 12.9. The van der Waals surface area contributed by atoms with Crippen LogP contribution in [0.25, 0.3) is 16.5 Å². The third-order valence-electron chi connectivity index (χ3n) is 10.4. The zero-order chi connectivity index (χ0) is 33.6. The number of primary amides is 1. The molecule has 2 aromatic carbocycles. The predicted molar refractivity (Wildman–Crippen MR) is 184 cm³/mol. The van der Waals surface area contributed by atoms with Crippen molar-refractivity contribution in [2.75, 3.05) is 13.2 Å². The summed E-state index contributed by atoms with van der Waals surface area (Å²) >= 11 is 0. The zero-order valence-corrected chi connectivity index (χ0v) is 29.0. The van der Waals surface area contributed by atoms with E-state index in [1.165, 1.54) is 11.9 Å². The molecule has 1 amide bonds. The molecule has 1 saturated carbocycles. The minimum Gasteiger partial charge on any atom is -0.486 e. The van der Waals surface area contributed by atoms with Gasteiger partial charge in [-0.25, -0.2) is 9.48 Å². The molecule has 2 aliphatic heterocycles. The molecule has 2 N–H and O–H groups in total. The van der Waals surface area contributed by atoms with Gasteiger partial charge >= 0.3 is 13.2 Å². The number of nitrogens with zero attached hydrogens (tertiary/aromatic N) is 2. The van der Waals surface area contributed by atoms with E-state index in [9.17, 15) is 4.79 Å². The number of fused-ring (bicyclic) bond motifs is 1. The van der Waals surface area contributed by atoms with Gasteiger partial charge in [-0.3, -0.25) is 0 Å². The van der Waals surface area contributed by atoms with E-state index < -0.39 is 24.4 Å². The van der Waals surface area contributed by atoms with Gasteiger partial charge in [0.05, 0.1) is 22.9 Å². The number of carbonyl (C=O) groups excluding carboxylic acids is 1. The standard InChI is InChI=1S/C37H50BN3O6/c1-35(2,3)30(23-44-34(39)42)45-28-17-14-24(15-18-28)32(33(25-11-10-12-25)38-46-36(4,5)37(6,7)47-38)26-16-19-29-27(21-26)22-40-41(29)31-13-8-9-20-43-31/h14-19,21-22,25,30-31H,8-13,20,23H2,1-7H3,(H2,39,42)/b33-32+. The van der Waals surface area contributed by atoms with Gasteiger partial charge in [0.2, 0.25) is 0 Å².